The zero-order chi connectivity index (χ0) is 24.4. The number of nitriles is 1. The summed E-state index contributed by atoms with van der Waals surface area (Å²) in [5, 5.41) is 13.3. The highest BCUT2D eigenvalue weighted by molar-refractivity contribution is 9.10. The van der Waals surface area contributed by atoms with Crippen molar-refractivity contribution in [3.63, 3.8) is 0 Å². The summed E-state index contributed by atoms with van der Waals surface area (Å²) < 4.78 is 7.99. The van der Waals surface area contributed by atoms with Gasteiger partial charge in [-0.25, -0.2) is 4.79 Å². The van der Waals surface area contributed by atoms with Gasteiger partial charge in [0.1, 0.15) is 16.6 Å². The van der Waals surface area contributed by atoms with Crippen LogP contribution < -0.4 is 5.32 Å². The number of thiophene rings is 1. The van der Waals surface area contributed by atoms with Crippen LogP contribution in [0.15, 0.2) is 40.4 Å². The second-order valence-corrected chi connectivity index (χ2v) is 10.2. The lowest BCUT2D eigenvalue weighted by atomic mass is 9.95. The molecule has 1 aromatic carbocycles. The van der Waals surface area contributed by atoms with Crippen LogP contribution in [0.5, 0.6) is 0 Å². The predicted octanol–water partition coefficient (Wildman–Crippen LogP) is 6.13. The Labute approximate surface area is 211 Å². The lowest BCUT2D eigenvalue weighted by Crippen LogP contribution is -2.13. The molecule has 0 atom stereocenters. The third-order valence-corrected chi connectivity index (χ3v) is 7.73. The quantitative estimate of drug-likeness (QED) is 0.241. The van der Waals surface area contributed by atoms with Crippen LogP contribution in [0.4, 0.5) is 5.69 Å². The zero-order valence-electron chi connectivity index (χ0n) is 19.2. The molecule has 0 saturated heterocycles. The van der Waals surface area contributed by atoms with Crippen molar-refractivity contribution in [2.24, 2.45) is 0 Å². The number of aromatic nitrogens is 1. The Hall–Kier alpha value is -3.15. The number of anilines is 1. The highest BCUT2D eigenvalue weighted by atomic mass is 79.9. The minimum Gasteiger partial charge on any atom is -0.465 e. The van der Waals surface area contributed by atoms with E-state index in [0.29, 0.717) is 11.3 Å². The Kier molecular flexibility index (Phi) is 7.05. The highest BCUT2D eigenvalue weighted by Crippen LogP contribution is 2.39. The average Bonchev–Trinajstić information content (AvgIpc) is 3.32. The zero-order valence-corrected chi connectivity index (χ0v) is 21.6. The lowest BCUT2D eigenvalue weighted by molar-refractivity contribution is -0.112. The molecular weight excluding hydrogens is 514 g/mol. The number of methoxy groups -OCH3 is 1. The van der Waals surface area contributed by atoms with Gasteiger partial charge >= 0.3 is 5.97 Å². The monoisotopic (exact) mass is 537 g/mol. The fourth-order valence-corrected chi connectivity index (χ4v) is 6.22. The van der Waals surface area contributed by atoms with Gasteiger partial charge in [-0.2, -0.15) is 5.26 Å². The number of carbonyl (C=O) groups is 2. The number of aryl methyl sites for hydroxylation is 2. The number of esters is 1. The van der Waals surface area contributed by atoms with E-state index in [-0.39, 0.29) is 11.5 Å². The van der Waals surface area contributed by atoms with Crippen LogP contribution in [0.1, 0.15) is 50.6 Å². The minimum atomic E-state index is -0.479. The number of ether oxygens (including phenoxy) is 1. The van der Waals surface area contributed by atoms with Gasteiger partial charge in [-0.05, 0) is 81.0 Å². The van der Waals surface area contributed by atoms with Crippen molar-refractivity contribution < 1.29 is 14.3 Å². The molecule has 0 radical (unpaired) electrons. The van der Waals surface area contributed by atoms with Crippen LogP contribution in [0.25, 0.3) is 11.1 Å². The summed E-state index contributed by atoms with van der Waals surface area (Å²) in [7, 11) is 1.41. The minimum absolute atomic E-state index is 0.00103. The number of amides is 1. The molecule has 8 heteroatoms. The van der Waals surface area contributed by atoms with Crippen molar-refractivity contribution in [2.45, 2.75) is 39.5 Å². The predicted molar refractivity (Wildman–Crippen MR) is 137 cm³/mol. The first kappa shape index (κ1) is 24.0. The molecule has 0 bridgehead atoms. The molecule has 1 aliphatic carbocycles. The van der Waals surface area contributed by atoms with E-state index in [2.05, 4.69) is 21.2 Å². The number of fused-ring (bicyclic) bond motifs is 1. The maximum atomic E-state index is 12.8. The molecule has 4 rings (SSSR count). The van der Waals surface area contributed by atoms with E-state index >= 15 is 0 Å². The van der Waals surface area contributed by atoms with Gasteiger partial charge in [0, 0.05) is 26.4 Å². The summed E-state index contributed by atoms with van der Waals surface area (Å²) in [6.45, 7) is 3.89. The molecule has 2 aromatic heterocycles. The maximum absolute atomic E-state index is 12.8. The van der Waals surface area contributed by atoms with Crippen LogP contribution in [0.3, 0.4) is 0 Å². The second-order valence-electron chi connectivity index (χ2n) is 8.18. The van der Waals surface area contributed by atoms with Gasteiger partial charge in [-0.15, -0.1) is 11.3 Å². The lowest BCUT2D eigenvalue weighted by Gasteiger charge is -2.12. The van der Waals surface area contributed by atoms with Gasteiger partial charge in [0.05, 0.1) is 12.7 Å². The molecule has 3 aromatic rings. The average molecular weight is 538 g/mol. The van der Waals surface area contributed by atoms with E-state index in [9.17, 15) is 14.9 Å². The topological polar surface area (TPSA) is 84.1 Å². The third-order valence-electron chi connectivity index (χ3n) is 5.96. The summed E-state index contributed by atoms with van der Waals surface area (Å²) in [5.74, 6) is -0.808. The number of halogens is 1. The Morgan fingerprint density at radius 3 is 2.71 bits per heavy atom. The van der Waals surface area contributed by atoms with Gasteiger partial charge < -0.3 is 14.6 Å². The van der Waals surface area contributed by atoms with Crippen molar-refractivity contribution in [3.05, 3.63) is 73.3 Å². The molecule has 0 unspecified atom stereocenters. The van der Waals surface area contributed by atoms with Crippen molar-refractivity contribution in [1.29, 1.82) is 5.26 Å². The molecule has 1 amide bonds. The van der Waals surface area contributed by atoms with Crippen LogP contribution in [0, 0.1) is 25.2 Å². The first-order valence-corrected chi connectivity index (χ1v) is 12.6. The summed E-state index contributed by atoms with van der Waals surface area (Å²) in [6, 6.07) is 11.1. The Morgan fingerprint density at radius 1 is 1.24 bits per heavy atom. The molecular formula is C26H24BrN3O3S. The normalized spacial score (nSPS) is 13.2. The van der Waals surface area contributed by atoms with E-state index in [1.54, 1.807) is 29.5 Å². The van der Waals surface area contributed by atoms with E-state index in [4.69, 9.17) is 4.74 Å². The first-order valence-electron chi connectivity index (χ1n) is 10.9. The van der Waals surface area contributed by atoms with Crippen molar-refractivity contribution in [3.8, 4) is 11.1 Å². The van der Waals surface area contributed by atoms with Crippen LogP contribution in [-0.4, -0.2) is 23.6 Å². The van der Waals surface area contributed by atoms with Crippen LogP contribution >= 0.6 is 27.3 Å². The molecule has 2 heterocycles. The molecule has 34 heavy (non-hydrogen) atoms. The number of benzene rings is 1. The Bertz CT molecular complexity index is 1360. The summed E-state index contributed by atoms with van der Waals surface area (Å²) in [6.07, 6.45) is 5.60. The van der Waals surface area contributed by atoms with E-state index in [1.165, 1.54) is 12.0 Å². The number of carbonyl (C=O) groups excluding carboxylic acids is 2. The van der Waals surface area contributed by atoms with E-state index < -0.39 is 5.91 Å². The van der Waals surface area contributed by atoms with E-state index in [0.717, 1.165) is 57.7 Å². The fourth-order valence-electron chi connectivity index (χ4n) is 4.34. The smallest absolute Gasteiger partial charge is 0.341 e. The standard InChI is InChI=1S/C26H24BrN3O3S/c1-15-11-17(12-18(14-28)24(31)29-20-8-6-7-19(27)13-20)16(2)30(15)25-23(26(32)33-3)21-9-4-5-10-22(21)34-25/h6-8,11-13H,4-5,9-10H2,1-3H3,(H,29,31)/b18-12-. The fraction of sp³-hybridized carbons (Fsp3) is 0.269. The Morgan fingerprint density at radius 2 is 2.00 bits per heavy atom. The summed E-state index contributed by atoms with van der Waals surface area (Å²) in [4.78, 5) is 26.7. The van der Waals surface area contributed by atoms with Gasteiger partial charge in [-0.1, -0.05) is 22.0 Å². The van der Waals surface area contributed by atoms with E-state index in [1.807, 2.05) is 42.7 Å². The number of hydrogen-bond donors (Lipinski definition) is 1. The number of nitrogens with one attached hydrogen (secondary N) is 1. The molecule has 0 saturated carbocycles. The van der Waals surface area contributed by atoms with Gasteiger partial charge in [-0.3, -0.25) is 4.79 Å². The number of nitrogens with zero attached hydrogens (tertiary/aromatic N) is 2. The molecule has 6 nitrogen and oxygen atoms in total. The largest absolute Gasteiger partial charge is 0.465 e. The molecule has 0 aliphatic heterocycles. The van der Waals surface area contributed by atoms with Gasteiger partial charge in [0.2, 0.25) is 0 Å². The third kappa shape index (κ3) is 4.59. The van der Waals surface area contributed by atoms with Crippen LogP contribution in [-0.2, 0) is 22.4 Å². The number of hydrogen-bond acceptors (Lipinski definition) is 5. The molecule has 174 valence electrons. The van der Waals surface area contributed by atoms with Crippen LogP contribution in [0.2, 0.25) is 0 Å². The van der Waals surface area contributed by atoms with Gasteiger partial charge in [0.15, 0.2) is 0 Å². The second kappa shape index (κ2) is 10.00. The molecule has 0 fully saturated rings. The number of rotatable bonds is 5. The highest BCUT2D eigenvalue weighted by Gasteiger charge is 2.28. The molecule has 0 spiro atoms. The summed E-state index contributed by atoms with van der Waals surface area (Å²) >= 11 is 5.01. The van der Waals surface area contributed by atoms with Crippen molar-refractivity contribution in [1.82, 2.24) is 4.57 Å². The molecule has 1 aliphatic rings. The SMILES string of the molecule is COC(=O)c1c(-n2c(C)cc(/C=C(/C#N)C(=O)Nc3cccc(Br)c3)c2C)sc2c1CCCC2. The Balaban J connectivity index is 1.74. The summed E-state index contributed by atoms with van der Waals surface area (Å²) in [5.41, 5.74) is 4.83. The van der Waals surface area contributed by atoms with Crippen molar-refractivity contribution >= 4 is 50.9 Å². The molecule has 1 N–H and O–H groups in total. The van der Waals surface area contributed by atoms with Gasteiger partial charge in [0.25, 0.3) is 5.91 Å². The maximum Gasteiger partial charge on any atom is 0.341 e. The van der Waals surface area contributed by atoms with Crippen molar-refractivity contribution in [2.75, 3.05) is 12.4 Å². The first-order chi connectivity index (χ1) is 16.3.